The maximum absolute atomic E-state index is 12.3. The summed E-state index contributed by atoms with van der Waals surface area (Å²) in [6.07, 6.45) is -1.73. The van der Waals surface area contributed by atoms with E-state index in [2.05, 4.69) is 4.90 Å². The molecule has 1 heterocycles. The summed E-state index contributed by atoms with van der Waals surface area (Å²) in [6, 6.07) is 0.00513. The summed E-state index contributed by atoms with van der Waals surface area (Å²) in [4.78, 5) is 14.6. The molecule has 4 nitrogen and oxygen atoms in total. The number of nitrogens with zero attached hydrogens (tertiary/aromatic N) is 2. The highest BCUT2D eigenvalue weighted by molar-refractivity contribution is 5.71. The lowest BCUT2D eigenvalue weighted by atomic mass is 10.0. The number of aliphatic carboxylic acids is 1. The van der Waals surface area contributed by atoms with Crippen LogP contribution in [0.4, 0.5) is 13.2 Å². The predicted octanol–water partition coefficient (Wildman–Crippen LogP) is 1.42. The van der Waals surface area contributed by atoms with Crippen LogP contribution in [0.3, 0.4) is 0 Å². The molecule has 1 aliphatic carbocycles. The summed E-state index contributed by atoms with van der Waals surface area (Å²) in [5.74, 6) is -1.13. The van der Waals surface area contributed by atoms with Crippen molar-refractivity contribution >= 4 is 5.97 Å². The summed E-state index contributed by atoms with van der Waals surface area (Å²) in [7, 11) is 0. The minimum absolute atomic E-state index is 0.00513. The first-order chi connectivity index (χ1) is 8.87. The highest BCUT2D eigenvalue weighted by Gasteiger charge is 2.39. The van der Waals surface area contributed by atoms with Crippen LogP contribution in [0.15, 0.2) is 0 Å². The molecule has 2 aliphatic rings. The number of halogens is 3. The molecule has 1 saturated heterocycles. The van der Waals surface area contributed by atoms with Crippen molar-refractivity contribution < 1.29 is 23.1 Å². The first-order valence-corrected chi connectivity index (χ1v) is 6.63. The van der Waals surface area contributed by atoms with E-state index >= 15 is 0 Å². The molecule has 2 rings (SSSR count). The van der Waals surface area contributed by atoms with Gasteiger partial charge in [0.15, 0.2) is 0 Å². The van der Waals surface area contributed by atoms with Gasteiger partial charge in [-0.05, 0) is 12.8 Å². The van der Waals surface area contributed by atoms with Gasteiger partial charge in [-0.15, -0.1) is 0 Å². The van der Waals surface area contributed by atoms with E-state index in [-0.39, 0.29) is 12.0 Å². The van der Waals surface area contributed by atoms with E-state index in [1.807, 2.05) is 0 Å². The van der Waals surface area contributed by atoms with E-state index in [9.17, 15) is 18.0 Å². The Kier molecular flexibility index (Phi) is 4.35. The summed E-state index contributed by atoms with van der Waals surface area (Å²) in [5, 5.41) is 9.13. The molecule has 0 aromatic rings. The Morgan fingerprint density at radius 3 is 2.32 bits per heavy atom. The molecule has 0 bridgehead atoms. The van der Waals surface area contributed by atoms with Crippen molar-refractivity contribution in [3.63, 3.8) is 0 Å². The highest BCUT2D eigenvalue weighted by Crippen LogP contribution is 2.31. The van der Waals surface area contributed by atoms with E-state index in [0.29, 0.717) is 32.6 Å². The number of hydrogen-bond acceptors (Lipinski definition) is 3. The molecule has 0 radical (unpaired) electrons. The van der Waals surface area contributed by atoms with Gasteiger partial charge in [0.2, 0.25) is 0 Å². The van der Waals surface area contributed by atoms with Gasteiger partial charge in [-0.25, -0.2) is 0 Å². The Morgan fingerprint density at radius 2 is 1.79 bits per heavy atom. The first-order valence-electron chi connectivity index (χ1n) is 6.63. The number of rotatable bonds is 3. The van der Waals surface area contributed by atoms with Gasteiger partial charge in [-0.3, -0.25) is 14.6 Å². The summed E-state index contributed by atoms with van der Waals surface area (Å²) in [6.45, 7) is 0.924. The third kappa shape index (κ3) is 3.82. The number of carboxylic acid groups (broad SMARTS) is 1. The molecular formula is C12H19F3N2O2. The third-order valence-corrected chi connectivity index (χ3v) is 4.08. The number of alkyl halides is 3. The Balaban J connectivity index is 1.84. The average molecular weight is 280 g/mol. The van der Waals surface area contributed by atoms with Crippen molar-refractivity contribution in [3.8, 4) is 0 Å². The molecule has 2 unspecified atom stereocenters. The van der Waals surface area contributed by atoms with Crippen molar-refractivity contribution in [1.29, 1.82) is 0 Å². The zero-order valence-corrected chi connectivity index (χ0v) is 10.7. The zero-order chi connectivity index (χ0) is 14.0. The lowest BCUT2D eigenvalue weighted by Gasteiger charge is -2.39. The smallest absolute Gasteiger partial charge is 0.401 e. The maximum Gasteiger partial charge on any atom is 0.401 e. The molecule has 1 saturated carbocycles. The highest BCUT2D eigenvalue weighted by atomic mass is 19.4. The van der Waals surface area contributed by atoms with Crippen LogP contribution in [-0.2, 0) is 4.79 Å². The van der Waals surface area contributed by atoms with Crippen LogP contribution in [0.2, 0.25) is 0 Å². The minimum atomic E-state index is -4.15. The van der Waals surface area contributed by atoms with E-state index in [0.717, 1.165) is 12.8 Å². The Morgan fingerprint density at radius 1 is 1.16 bits per heavy atom. The maximum atomic E-state index is 12.3. The normalized spacial score (nSPS) is 30.7. The van der Waals surface area contributed by atoms with Crippen molar-refractivity contribution in [2.75, 3.05) is 32.7 Å². The van der Waals surface area contributed by atoms with Crippen LogP contribution in [0.25, 0.3) is 0 Å². The quantitative estimate of drug-likeness (QED) is 0.849. The SMILES string of the molecule is O=C(O)C1CCCC1N1CCN(CC(F)(F)F)CC1. The minimum Gasteiger partial charge on any atom is -0.481 e. The fourth-order valence-electron chi connectivity index (χ4n) is 3.17. The number of hydrogen-bond donors (Lipinski definition) is 1. The van der Waals surface area contributed by atoms with Gasteiger partial charge >= 0.3 is 12.1 Å². The molecule has 2 fully saturated rings. The van der Waals surface area contributed by atoms with Gasteiger partial charge in [0.25, 0.3) is 0 Å². The molecule has 0 aromatic heterocycles. The number of carboxylic acids is 1. The predicted molar refractivity (Wildman–Crippen MR) is 62.8 cm³/mol. The second-order valence-corrected chi connectivity index (χ2v) is 5.37. The summed E-state index contributed by atoms with van der Waals surface area (Å²) < 4.78 is 36.8. The lowest BCUT2D eigenvalue weighted by molar-refractivity contribution is -0.151. The van der Waals surface area contributed by atoms with Gasteiger partial charge in [0.05, 0.1) is 12.5 Å². The van der Waals surface area contributed by atoms with Crippen LogP contribution in [0, 0.1) is 5.92 Å². The van der Waals surface area contributed by atoms with Crippen LogP contribution < -0.4 is 0 Å². The summed E-state index contributed by atoms with van der Waals surface area (Å²) >= 11 is 0. The lowest BCUT2D eigenvalue weighted by Crippen LogP contribution is -2.53. The number of carbonyl (C=O) groups is 1. The molecule has 19 heavy (non-hydrogen) atoms. The van der Waals surface area contributed by atoms with E-state index in [1.165, 1.54) is 4.90 Å². The monoisotopic (exact) mass is 280 g/mol. The molecule has 110 valence electrons. The molecule has 0 spiro atoms. The van der Waals surface area contributed by atoms with Crippen LogP contribution in [0.1, 0.15) is 19.3 Å². The van der Waals surface area contributed by atoms with Crippen LogP contribution in [-0.4, -0.2) is 65.8 Å². The molecule has 1 N–H and O–H groups in total. The third-order valence-electron chi connectivity index (χ3n) is 4.08. The van der Waals surface area contributed by atoms with E-state index in [4.69, 9.17) is 5.11 Å². The summed E-state index contributed by atoms with van der Waals surface area (Å²) in [5.41, 5.74) is 0. The van der Waals surface area contributed by atoms with Gasteiger partial charge in [-0.1, -0.05) is 6.42 Å². The zero-order valence-electron chi connectivity index (χ0n) is 10.7. The molecular weight excluding hydrogens is 261 g/mol. The van der Waals surface area contributed by atoms with E-state index < -0.39 is 18.7 Å². The largest absolute Gasteiger partial charge is 0.481 e. The fourth-order valence-corrected chi connectivity index (χ4v) is 3.17. The van der Waals surface area contributed by atoms with Crippen molar-refractivity contribution in [2.24, 2.45) is 5.92 Å². The Labute approximate surface area is 110 Å². The average Bonchev–Trinajstić information content (AvgIpc) is 2.76. The standard InChI is InChI=1S/C12H19F3N2O2/c13-12(14,15)8-16-4-6-17(7-5-16)10-3-1-2-9(10)11(18)19/h9-10H,1-8H2,(H,18,19). The van der Waals surface area contributed by atoms with Gasteiger partial charge in [0, 0.05) is 32.2 Å². The van der Waals surface area contributed by atoms with Gasteiger partial charge in [0.1, 0.15) is 0 Å². The fraction of sp³-hybridized carbons (Fsp3) is 0.917. The van der Waals surface area contributed by atoms with Crippen LogP contribution in [0.5, 0.6) is 0 Å². The van der Waals surface area contributed by atoms with Gasteiger partial charge < -0.3 is 5.11 Å². The molecule has 7 heteroatoms. The van der Waals surface area contributed by atoms with Crippen molar-refractivity contribution in [1.82, 2.24) is 9.80 Å². The second kappa shape index (κ2) is 5.66. The Hall–Kier alpha value is -0.820. The van der Waals surface area contributed by atoms with E-state index in [1.54, 1.807) is 0 Å². The Bertz CT molecular complexity index is 327. The molecule has 1 aliphatic heterocycles. The van der Waals surface area contributed by atoms with Crippen molar-refractivity contribution in [3.05, 3.63) is 0 Å². The van der Waals surface area contributed by atoms with Crippen LogP contribution >= 0.6 is 0 Å². The topological polar surface area (TPSA) is 43.8 Å². The van der Waals surface area contributed by atoms with Gasteiger partial charge in [-0.2, -0.15) is 13.2 Å². The molecule has 0 aromatic carbocycles. The molecule has 2 atom stereocenters. The second-order valence-electron chi connectivity index (χ2n) is 5.37. The number of piperazine rings is 1. The molecule has 0 amide bonds. The van der Waals surface area contributed by atoms with Crippen molar-refractivity contribution in [2.45, 2.75) is 31.5 Å². The first kappa shape index (κ1) is 14.6.